The Morgan fingerprint density at radius 1 is 0.958 bits per heavy atom. The molecule has 0 fully saturated rings. The number of hydrogen-bond donors (Lipinski definition) is 2. The Kier molecular flexibility index (Phi) is 13.9. The third kappa shape index (κ3) is 14.7. The molecule has 0 aromatic heterocycles. The van der Waals surface area contributed by atoms with Gasteiger partial charge in [0.15, 0.2) is 0 Å². The molecule has 0 aromatic rings. The first-order valence-corrected chi connectivity index (χ1v) is 10.7. The van der Waals surface area contributed by atoms with Gasteiger partial charge in [0, 0.05) is 6.42 Å². The van der Waals surface area contributed by atoms with Gasteiger partial charge in [-0.2, -0.15) is 8.42 Å². The minimum atomic E-state index is -4.00. The van der Waals surface area contributed by atoms with Crippen LogP contribution in [-0.4, -0.2) is 29.3 Å². The Balaban J connectivity index is 3.91. The van der Waals surface area contributed by atoms with Crippen molar-refractivity contribution in [2.24, 2.45) is 0 Å². The van der Waals surface area contributed by atoms with Crippen molar-refractivity contribution in [3.05, 3.63) is 12.2 Å². The molecule has 0 spiro atoms. The zero-order valence-electron chi connectivity index (χ0n) is 15.0. The number of rotatable bonds is 16. The minimum absolute atomic E-state index is 0.191. The molecule has 5 nitrogen and oxygen atoms in total. The molecule has 6 heteroatoms. The zero-order chi connectivity index (χ0) is 18.3. The van der Waals surface area contributed by atoms with E-state index in [4.69, 9.17) is 5.11 Å². The highest BCUT2D eigenvalue weighted by Gasteiger charge is 2.20. The molecule has 0 aliphatic carbocycles. The molecule has 0 heterocycles. The number of carboxylic acid groups (broad SMARTS) is 1. The molecule has 0 saturated carbocycles. The lowest BCUT2D eigenvalue weighted by atomic mass is 10.1. The Bertz CT molecular complexity index is 442. The number of unbranched alkanes of at least 4 members (excludes halogenated alkanes) is 8. The van der Waals surface area contributed by atoms with Crippen molar-refractivity contribution in [1.82, 2.24) is 0 Å². The van der Waals surface area contributed by atoms with Crippen LogP contribution in [0.5, 0.6) is 0 Å². The predicted octanol–water partition coefficient (Wildman–Crippen LogP) is 4.97. The number of carbonyl (C=O) groups is 1. The molecule has 24 heavy (non-hydrogen) atoms. The van der Waals surface area contributed by atoms with Gasteiger partial charge in [-0.25, -0.2) is 0 Å². The van der Waals surface area contributed by atoms with Gasteiger partial charge in [-0.1, -0.05) is 64.0 Å². The van der Waals surface area contributed by atoms with Gasteiger partial charge in [0.05, 0.1) is 5.25 Å². The maximum Gasteiger partial charge on any atom is 0.303 e. The van der Waals surface area contributed by atoms with E-state index in [0.717, 1.165) is 38.5 Å². The van der Waals surface area contributed by atoms with Gasteiger partial charge in [-0.15, -0.1) is 0 Å². The average Bonchev–Trinajstić information content (AvgIpc) is 2.49. The van der Waals surface area contributed by atoms with Crippen LogP contribution in [0.2, 0.25) is 0 Å². The third-order valence-electron chi connectivity index (χ3n) is 4.13. The second kappa shape index (κ2) is 14.5. The van der Waals surface area contributed by atoms with Gasteiger partial charge in [-0.05, 0) is 32.1 Å². The third-order valence-corrected chi connectivity index (χ3v) is 5.40. The molecule has 142 valence electrons. The number of allylic oxidation sites excluding steroid dienone is 2. The fourth-order valence-electron chi connectivity index (χ4n) is 2.62. The minimum Gasteiger partial charge on any atom is -0.481 e. The lowest BCUT2D eigenvalue weighted by Crippen LogP contribution is -2.19. The molecule has 2 N–H and O–H groups in total. The van der Waals surface area contributed by atoms with Crippen molar-refractivity contribution in [3.8, 4) is 0 Å². The van der Waals surface area contributed by atoms with E-state index < -0.39 is 21.3 Å². The van der Waals surface area contributed by atoms with Crippen LogP contribution in [0.1, 0.15) is 90.4 Å². The molecular formula is C18H34O5S. The summed E-state index contributed by atoms with van der Waals surface area (Å²) in [4.78, 5) is 10.4. The van der Waals surface area contributed by atoms with E-state index in [1.165, 1.54) is 19.3 Å². The molecule has 0 amide bonds. The molecule has 1 unspecified atom stereocenters. The van der Waals surface area contributed by atoms with Gasteiger partial charge in [0.1, 0.15) is 0 Å². The Labute approximate surface area is 147 Å². The van der Waals surface area contributed by atoms with Gasteiger partial charge in [0.2, 0.25) is 0 Å². The molecule has 0 aliphatic rings. The van der Waals surface area contributed by atoms with Gasteiger partial charge in [-0.3, -0.25) is 9.35 Å². The monoisotopic (exact) mass is 362 g/mol. The van der Waals surface area contributed by atoms with Crippen LogP contribution in [0, 0.1) is 0 Å². The first kappa shape index (κ1) is 23.1. The van der Waals surface area contributed by atoms with Crippen LogP contribution in [0.15, 0.2) is 12.2 Å². The van der Waals surface area contributed by atoms with Gasteiger partial charge < -0.3 is 5.11 Å². The van der Waals surface area contributed by atoms with Crippen LogP contribution in [0.4, 0.5) is 0 Å². The fourth-order valence-corrected chi connectivity index (χ4v) is 3.44. The quantitative estimate of drug-likeness (QED) is 0.230. The van der Waals surface area contributed by atoms with E-state index in [0.29, 0.717) is 19.3 Å². The molecule has 0 bridgehead atoms. The summed E-state index contributed by atoms with van der Waals surface area (Å²) in [7, 11) is -4.00. The normalized spacial score (nSPS) is 13.4. The average molecular weight is 363 g/mol. The largest absolute Gasteiger partial charge is 0.481 e. The van der Waals surface area contributed by atoms with Crippen molar-refractivity contribution in [2.75, 3.05) is 0 Å². The van der Waals surface area contributed by atoms with Gasteiger partial charge >= 0.3 is 5.97 Å². The van der Waals surface area contributed by atoms with Crippen LogP contribution >= 0.6 is 0 Å². The summed E-state index contributed by atoms with van der Waals surface area (Å²) in [5.41, 5.74) is 0. The summed E-state index contributed by atoms with van der Waals surface area (Å²) in [5.74, 6) is -0.775. The zero-order valence-corrected chi connectivity index (χ0v) is 15.8. The predicted molar refractivity (Wildman–Crippen MR) is 97.8 cm³/mol. The van der Waals surface area contributed by atoms with Crippen molar-refractivity contribution in [2.45, 2.75) is 95.6 Å². The van der Waals surface area contributed by atoms with E-state index in [9.17, 15) is 17.8 Å². The lowest BCUT2D eigenvalue weighted by Gasteiger charge is -2.11. The van der Waals surface area contributed by atoms with Crippen LogP contribution in [-0.2, 0) is 14.9 Å². The topological polar surface area (TPSA) is 91.7 Å². The number of aliphatic carboxylic acids is 1. The Morgan fingerprint density at radius 2 is 1.58 bits per heavy atom. The summed E-state index contributed by atoms with van der Waals surface area (Å²) < 4.78 is 32.2. The highest BCUT2D eigenvalue weighted by atomic mass is 32.2. The highest BCUT2D eigenvalue weighted by Crippen LogP contribution is 2.16. The second-order valence-electron chi connectivity index (χ2n) is 6.39. The number of hydrogen-bond acceptors (Lipinski definition) is 3. The van der Waals surface area contributed by atoms with Crippen LogP contribution in [0.25, 0.3) is 0 Å². The summed E-state index contributed by atoms with van der Waals surface area (Å²) in [6, 6.07) is 0. The van der Waals surface area contributed by atoms with Crippen LogP contribution in [0.3, 0.4) is 0 Å². The second-order valence-corrected chi connectivity index (χ2v) is 8.09. The van der Waals surface area contributed by atoms with E-state index in [2.05, 4.69) is 6.92 Å². The SMILES string of the molecule is CCCCCC/C=C/CC(CCCCCCCC(=O)O)S(=O)(=O)O. The standard InChI is InChI=1S/C18H34O5S/c1-2-3-4-5-6-8-11-14-17(24(21,22)23)15-12-9-7-10-13-16-18(19)20/h8,11,17H,2-7,9-10,12-16H2,1H3,(H,19,20)(H,21,22,23)/b11-8+. The fraction of sp³-hybridized carbons (Fsp3) is 0.833. The van der Waals surface area contributed by atoms with E-state index in [-0.39, 0.29) is 6.42 Å². The van der Waals surface area contributed by atoms with Crippen molar-refractivity contribution < 1.29 is 22.9 Å². The van der Waals surface area contributed by atoms with Crippen molar-refractivity contribution in [3.63, 3.8) is 0 Å². The van der Waals surface area contributed by atoms with Crippen molar-refractivity contribution in [1.29, 1.82) is 0 Å². The first-order chi connectivity index (χ1) is 11.4. The van der Waals surface area contributed by atoms with E-state index >= 15 is 0 Å². The molecule has 0 radical (unpaired) electrons. The molecular weight excluding hydrogens is 328 g/mol. The molecule has 0 aliphatic heterocycles. The summed E-state index contributed by atoms with van der Waals surface area (Å²) in [6.45, 7) is 2.17. The van der Waals surface area contributed by atoms with E-state index in [1.54, 1.807) is 0 Å². The molecule has 0 rings (SSSR count). The van der Waals surface area contributed by atoms with Crippen LogP contribution < -0.4 is 0 Å². The summed E-state index contributed by atoms with van der Waals surface area (Å²) >= 11 is 0. The van der Waals surface area contributed by atoms with Gasteiger partial charge in [0.25, 0.3) is 10.1 Å². The Morgan fingerprint density at radius 3 is 2.21 bits per heavy atom. The molecule has 0 saturated heterocycles. The maximum atomic E-state index is 11.4. The van der Waals surface area contributed by atoms with E-state index in [1.807, 2.05) is 12.2 Å². The lowest BCUT2D eigenvalue weighted by molar-refractivity contribution is -0.137. The molecule has 1 atom stereocenters. The number of carboxylic acids is 1. The summed E-state index contributed by atoms with van der Waals surface area (Å²) in [6.07, 6.45) is 14.6. The Hall–Kier alpha value is -0.880. The van der Waals surface area contributed by atoms with Crippen molar-refractivity contribution >= 4 is 16.1 Å². The summed E-state index contributed by atoms with van der Waals surface area (Å²) in [5, 5.41) is 7.82. The highest BCUT2D eigenvalue weighted by molar-refractivity contribution is 7.86. The maximum absolute atomic E-state index is 11.4. The molecule has 0 aromatic carbocycles. The first-order valence-electron chi connectivity index (χ1n) is 9.21. The smallest absolute Gasteiger partial charge is 0.303 e.